The Morgan fingerprint density at radius 1 is 1.28 bits per heavy atom. The number of nitrogens with zero attached hydrogens (tertiary/aromatic N) is 1. The summed E-state index contributed by atoms with van der Waals surface area (Å²) < 4.78 is 5.31. The van der Waals surface area contributed by atoms with Crippen molar-refractivity contribution >= 4 is 17.5 Å². The van der Waals surface area contributed by atoms with E-state index in [0.29, 0.717) is 18.8 Å². The van der Waals surface area contributed by atoms with E-state index in [1.807, 2.05) is 24.3 Å². The lowest BCUT2D eigenvalue weighted by molar-refractivity contribution is -0.128. The third-order valence-corrected chi connectivity index (χ3v) is 4.25. The summed E-state index contributed by atoms with van der Waals surface area (Å²) in [6.07, 6.45) is 0.180. The van der Waals surface area contributed by atoms with Gasteiger partial charge in [-0.2, -0.15) is 0 Å². The SMILES string of the molecule is COc1ccccc1CN1C[C@H](C(=O)Nc2cccc(O)c2)CC1=O. The standard InChI is InChI=1S/C19H20N2O4/c1-25-17-8-3-2-5-13(17)11-21-12-14(9-18(21)23)19(24)20-15-6-4-7-16(22)10-15/h2-8,10,14,22H,9,11-12H2,1H3,(H,20,24)/t14-/m1/s1. The van der Waals surface area contributed by atoms with Crippen LogP contribution in [0.15, 0.2) is 48.5 Å². The maximum Gasteiger partial charge on any atom is 0.229 e. The molecule has 25 heavy (non-hydrogen) atoms. The number of phenols is 1. The van der Waals surface area contributed by atoms with E-state index in [1.165, 1.54) is 12.1 Å². The summed E-state index contributed by atoms with van der Waals surface area (Å²) in [5, 5.41) is 12.2. The van der Waals surface area contributed by atoms with E-state index in [0.717, 1.165) is 11.3 Å². The minimum atomic E-state index is -0.412. The van der Waals surface area contributed by atoms with Gasteiger partial charge in [-0.15, -0.1) is 0 Å². The monoisotopic (exact) mass is 340 g/mol. The van der Waals surface area contributed by atoms with Gasteiger partial charge in [0.05, 0.1) is 13.0 Å². The minimum absolute atomic E-state index is 0.0537. The largest absolute Gasteiger partial charge is 0.508 e. The fourth-order valence-electron chi connectivity index (χ4n) is 2.97. The average Bonchev–Trinajstić information content (AvgIpc) is 2.96. The summed E-state index contributed by atoms with van der Waals surface area (Å²) in [7, 11) is 1.59. The molecule has 2 aromatic carbocycles. The van der Waals surface area contributed by atoms with E-state index in [9.17, 15) is 14.7 Å². The number of methoxy groups -OCH3 is 1. The molecule has 1 atom stereocenters. The second kappa shape index (κ2) is 7.25. The van der Waals surface area contributed by atoms with Crippen molar-refractivity contribution in [3.63, 3.8) is 0 Å². The number of hydrogen-bond acceptors (Lipinski definition) is 4. The molecule has 0 spiro atoms. The molecular formula is C19H20N2O4. The highest BCUT2D eigenvalue weighted by Crippen LogP contribution is 2.26. The average molecular weight is 340 g/mol. The summed E-state index contributed by atoms with van der Waals surface area (Å²) in [5.74, 6) is 0.119. The van der Waals surface area contributed by atoms with Crippen LogP contribution in [-0.2, 0) is 16.1 Å². The van der Waals surface area contributed by atoms with Crippen LogP contribution in [0.4, 0.5) is 5.69 Å². The van der Waals surface area contributed by atoms with E-state index >= 15 is 0 Å². The van der Waals surface area contributed by atoms with E-state index < -0.39 is 5.92 Å². The van der Waals surface area contributed by atoms with E-state index in [1.54, 1.807) is 24.1 Å². The number of amides is 2. The number of phenolic OH excluding ortho intramolecular Hbond substituents is 1. The molecule has 0 unspecified atom stereocenters. The predicted octanol–water partition coefficient (Wildman–Crippen LogP) is 2.39. The van der Waals surface area contributed by atoms with E-state index in [-0.39, 0.29) is 24.0 Å². The van der Waals surface area contributed by atoms with Crippen LogP contribution in [0.3, 0.4) is 0 Å². The van der Waals surface area contributed by atoms with Gasteiger partial charge in [-0.1, -0.05) is 24.3 Å². The molecule has 1 aliphatic rings. The fourth-order valence-corrected chi connectivity index (χ4v) is 2.97. The number of aromatic hydroxyl groups is 1. The van der Waals surface area contributed by atoms with Gasteiger partial charge in [-0.05, 0) is 18.2 Å². The van der Waals surface area contributed by atoms with Crippen molar-refractivity contribution in [2.24, 2.45) is 5.92 Å². The number of likely N-dealkylation sites (tertiary alicyclic amines) is 1. The Labute approximate surface area is 146 Å². The van der Waals surface area contributed by atoms with Crippen LogP contribution >= 0.6 is 0 Å². The van der Waals surface area contributed by atoms with Crippen LogP contribution < -0.4 is 10.1 Å². The van der Waals surface area contributed by atoms with Gasteiger partial charge in [0.1, 0.15) is 11.5 Å². The second-order valence-corrected chi connectivity index (χ2v) is 6.03. The summed E-state index contributed by atoms with van der Waals surface area (Å²) in [4.78, 5) is 26.3. The molecule has 0 aromatic heterocycles. The normalized spacial score (nSPS) is 16.8. The molecule has 2 N–H and O–H groups in total. The van der Waals surface area contributed by atoms with Gasteiger partial charge in [0.15, 0.2) is 0 Å². The molecule has 1 heterocycles. The van der Waals surface area contributed by atoms with Crippen molar-refractivity contribution in [1.29, 1.82) is 0 Å². The number of benzene rings is 2. The zero-order valence-electron chi connectivity index (χ0n) is 13.9. The Kier molecular flexibility index (Phi) is 4.88. The molecule has 6 nitrogen and oxygen atoms in total. The Hall–Kier alpha value is -3.02. The topological polar surface area (TPSA) is 78.9 Å². The van der Waals surface area contributed by atoms with Crippen LogP contribution in [0.1, 0.15) is 12.0 Å². The number of rotatable bonds is 5. The number of hydrogen-bond donors (Lipinski definition) is 2. The highest BCUT2D eigenvalue weighted by Gasteiger charge is 2.34. The third kappa shape index (κ3) is 3.91. The Morgan fingerprint density at radius 2 is 2.08 bits per heavy atom. The fraction of sp³-hybridized carbons (Fsp3) is 0.263. The molecule has 1 fully saturated rings. The van der Waals surface area contributed by atoms with Crippen LogP contribution in [0.2, 0.25) is 0 Å². The Morgan fingerprint density at radius 3 is 2.84 bits per heavy atom. The Bertz CT molecular complexity index is 790. The molecular weight excluding hydrogens is 320 g/mol. The van der Waals surface area contributed by atoms with E-state index in [2.05, 4.69) is 5.32 Å². The molecule has 2 aromatic rings. The van der Waals surface area contributed by atoms with Crippen molar-refractivity contribution in [2.75, 3.05) is 19.0 Å². The predicted molar refractivity (Wildman–Crippen MR) is 93.3 cm³/mol. The van der Waals surface area contributed by atoms with Crippen molar-refractivity contribution < 1.29 is 19.4 Å². The van der Waals surface area contributed by atoms with Crippen LogP contribution in [0, 0.1) is 5.92 Å². The zero-order valence-corrected chi connectivity index (χ0v) is 13.9. The molecule has 0 radical (unpaired) electrons. The molecule has 2 amide bonds. The lowest BCUT2D eigenvalue weighted by atomic mass is 10.1. The maximum absolute atomic E-state index is 12.4. The van der Waals surface area contributed by atoms with Crippen molar-refractivity contribution in [3.05, 3.63) is 54.1 Å². The molecule has 0 saturated carbocycles. The van der Waals surface area contributed by atoms with Gasteiger partial charge in [0.25, 0.3) is 0 Å². The van der Waals surface area contributed by atoms with Gasteiger partial charge >= 0.3 is 0 Å². The highest BCUT2D eigenvalue weighted by atomic mass is 16.5. The van der Waals surface area contributed by atoms with Crippen LogP contribution in [0.5, 0.6) is 11.5 Å². The molecule has 6 heteroatoms. The van der Waals surface area contributed by atoms with Crippen molar-refractivity contribution in [2.45, 2.75) is 13.0 Å². The maximum atomic E-state index is 12.4. The van der Waals surface area contributed by atoms with Gasteiger partial charge < -0.3 is 20.1 Å². The van der Waals surface area contributed by atoms with Crippen LogP contribution in [-0.4, -0.2) is 35.5 Å². The van der Waals surface area contributed by atoms with Gasteiger partial charge in [0.2, 0.25) is 11.8 Å². The first-order chi connectivity index (χ1) is 12.1. The zero-order chi connectivity index (χ0) is 17.8. The van der Waals surface area contributed by atoms with Gasteiger partial charge in [-0.3, -0.25) is 9.59 Å². The number of ether oxygens (including phenoxy) is 1. The minimum Gasteiger partial charge on any atom is -0.508 e. The number of carbonyl (C=O) groups excluding carboxylic acids is 2. The first-order valence-corrected chi connectivity index (χ1v) is 8.06. The van der Waals surface area contributed by atoms with Gasteiger partial charge in [0, 0.05) is 36.8 Å². The first kappa shape index (κ1) is 16.8. The smallest absolute Gasteiger partial charge is 0.229 e. The lowest BCUT2D eigenvalue weighted by Gasteiger charge is -2.18. The molecule has 130 valence electrons. The van der Waals surface area contributed by atoms with Crippen LogP contribution in [0.25, 0.3) is 0 Å². The Balaban J connectivity index is 1.64. The summed E-state index contributed by atoms with van der Waals surface area (Å²) in [6, 6.07) is 13.9. The molecule has 1 aliphatic heterocycles. The summed E-state index contributed by atoms with van der Waals surface area (Å²) >= 11 is 0. The summed E-state index contributed by atoms with van der Waals surface area (Å²) in [5.41, 5.74) is 1.42. The van der Waals surface area contributed by atoms with E-state index in [4.69, 9.17) is 4.74 Å². The quantitative estimate of drug-likeness (QED) is 0.876. The lowest BCUT2D eigenvalue weighted by Crippen LogP contribution is -2.28. The molecule has 3 rings (SSSR count). The van der Waals surface area contributed by atoms with Crippen molar-refractivity contribution in [1.82, 2.24) is 4.90 Å². The highest BCUT2D eigenvalue weighted by molar-refractivity contribution is 5.97. The number of anilines is 1. The number of carbonyl (C=O) groups is 2. The van der Waals surface area contributed by atoms with Gasteiger partial charge in [-0.25, -0.2) is 0 Å². The first-order valence-electron chi connectivity index (χ1n) is 8.06. The molecule has 0 bridgehead atoms. The number of para-hydroxylation sites is 1. The molecule has 1 saturated heterocycles. The second-order valence-electron chi connectivity index (χ2n) is 6.03. The third-order valence-electron chi connectivity index (χ3n) is 4.25. The molecule has 0 aliphatic carbocycles. The number of nitrogens with one attached hydrogen (secondary N) is 1. The summed E-state index contributed by atoms with van der Waals surface area (Å²) in [6.45, 7) is 0.778. The van der Waals surface area contributed by atoms with Crippen molar-refractivity contribution in [3.8, 4) is 11.5 Å².